The van der Waals surface area contributed by atoms with Gasteiger partial charge in [0.05, 0.1) is 30.7 Å². The molecule has 4 heterocycles. The summed E-state index contributed by atoms with van der Waals surface area (Å²) in [6, 6.07) is 9.41. The van der Waals surface area contributed by atoms with Gasteiger partial charge in [-0.05, 0) is 53.3 Å². The van der Waals surface area contributed by atoms with Crippen molar-refractivity contribution in [3.63, 3.8) is 0 Å². The molecule has 6 rings (SSSR count). The van der Waals surface area contributed by atoms with E-state index in [0.29, 0.717) is 48.8 Å². The van der Waals surface area contributed by atoms with Gasteiger partial charge in [-0.2, -0.15) is 13.2 Å². The van der Waals surface area contributed by atoms with E-state index in [1.165, 1.54) is 15.8 Å². The number of aromatic nitrogens is 3. The second-order valence-corrected chi connectivity index (χ2v) is 11.0. The standard InChI is InChI=1S/C28H29F4N5O3/c1-35-16-33-34-25(35)24(29)27(14-40-15-27)19-3-2-4-20(9-19)37-13-22-21(26(37)39)7-18(8-23(22)28(30,31)32)12-36-10-17(11-36)5-6-38/h2-4,7-9,16-17,24,38H,5-6,10-15H2,1H3/t24-/m0/s1. The summed E-state index contributed by atoms with van der Waals surface area (Å²) in [7, 11) is 1.65. The van der Waals surface area contributed by atoms with E-state index in [1.54, 1.807) is 37.4 Å². The molecule has 0 saturated carbocycles. The molecule has 0 spiro atoms. The quantitative estimate of drug-likeness (QED) is 0.423. The highest BCUT2D eigenvalue weighted by Crippen LogP contribution is 2.47. The number of aliphatic hydroxyl groups is 1. The highest BCUT2D eigenvalue weighted by Gasteiger charge is 2.51. The molecule has 40 heavy (non-hydrogen) atoms. The van der Waals surface area contributed by atoms with Gasteiger partial charge in [-0.1, -0.05) is 12.1 Å². The first-order chi connectivity index (χ1) is 19.1. The number of alkyl halides is 4. The minimum Gasteiger partial charge on any atom is -0.396 e. The molecule has 2 aromatic carbocycles. The van der Waals surface area contributed by atoms with E-state index in [0.717, 1.165) is 6.07 Å². The Morgan fingerprint density at radius 3 is 2.60 bits per heavy atom. The predicted molar refractivity (Wildman–Crippen MR) is 136 cm³/mol. The number of carbonyl (C=O) groups excluding carboxylic acids is 1. The molecule has 0 aliphatic carbocycles. The fourth-order valence-electron chi connectivity index (χ4n) is 5.98. The third kappa shape index (κ3) is 4.47. The number of fused-ring (bicyclic) bond motifs is 1. The summed E-state index contributed by atoms with van der Waals surface area (Å²) in [6.45, 7) is 1.72. The zero-order chi connectivity index (χ0) is 28.2. The molecule has 3 aliphatic heterocycles. The Kier molecular flexibility index (Phi) is 6.67. The van der Waals surface area contributed by atoms with Gasteiger partial charge in [-0.15, -0.1) is 10.2 Å². The number of rotatable bonds is 8. The molecule has 1 N–H and O–H groups in total. The molecule has 8 nitrogen and oxygen atoms in total. The van der Waals surface area contributed by atoms with Crippen LogP contribution in [0, 0.1) is 5.92 Å². The number of aliphatic hydroxyl groups excluding tert-OH is 1. The van der Waals surface area contributed by atoms with Crippen LogP contribution in [0.1, 0.15) is 51.0 Å². The van der Waals surface area contributed by atoms with Gasteiger partial charge in [-0.3, -0.25) is 9.69 Å². The number of hydrogen-bond acceptors (Lipinski definition) is 6. The third-order valence-corrected chi connectivity index (χ3v) is 8.29. The molecule has 3 aliphatic rings. The van der Waals surface area contributed by atoms with E-state index in [4.69, 9.17) is 9.84 Å². The Balaban J connectivity index is 1.30. The summed E-state index contributed by atoms with van der Waals surface area (Å²) in [5.41, 5.74) is -0.505. The van der Waals surface area contributed by atoms with Gasteiger partial charge in [0.15, 0.2) is 12.0 Å². The maximum atomic E-state index is 15.8. The maximum absolute atomic E-state index is 15.8. The Morgan fingerprint density at radius 1 is 1.20 bits per heavy atom. The molecule has 2 saturated heterocycles. The normalized spacial score (nSPS) is 19.9. The average Bonchev–Trinajstić information content (AvgIpc) is 3.44. The number of halogens is 4. The van der Waals surface area contributed by atoms with Crippen molar-refractivity contribution in [3.8, 4) is 0 Å². The largest absolute Gasteiger partial charge is 0.416 e. The lowest BCUT2D eigenvalue weighted by Crippen LogP contribution is -2.50. The molecular formula is C28H29F4N5O3. The van der Waals surface area contributed by atoms with Crippen LogP contribution in [0.2, 0.25) is 0 Å². The zero-order valence-corrected chi connectivity index (χ0v) is 21.9. The van der Waals surface area contributed by atoms with Crippen molar-refractivity contribution in [2.45, 2.75) is 37.3 Å². The van der Waals surface area contributed by atoms with Crippen molar-refractivity contribution in [1.82, 2.24) is 19.7 Å². The summed E-state index contributed by atoms with van der Waals surface area (Å²) in [4.78, 5) is 16.9. The minimum atomic E-state index is -4.63. The molecule has 2 fully saturated rings. The van der Waals surface area contributed by atoms with Gasteiger partial charge in [0.2, 0.25) is 0 Å². The fourth-order valence-corrected chi connectivity index (χ4v) is 5.98. The summed E-state index contributed by atoms with van der Waals surface area (Å²) in [5, 5.41) is 16.8. The number of hydrogen-bond donors (Lipinski definition) is 1. The monoisotopic (exact) mass is 559 g/mol. The van der Waals surface area contributed by atoms with Crippen LogP contribution in [0.15, 0.2) is 42.7 Å². The van der Waals surface area contributed by atoms with Crippen molar-refractivity contribution in [2.24, 2.45) is 13.0 Å². The minimum absolute atomic E-state index is 0.0341. The first-order valence-corrected chi connectivity index (χ1v) is 13.1. The second-order valence-electron chi connectivity index (χ2n) is 11.0. The molecule has 1 aromatic heterocycles. The van der Waals surface area contributed by atoms with Crippen molar-refractivity contribution in [2.75, 3.05) is 37.8 Å². The van der Waals surface area contributed by atoms with Gasteiger partial charge in [0.25, 0.3) is 5.91 Å². The highest BCUT2D eigenvalue weighted by atomic mass is 19.4. The first kappa shape index (κ1) is 26.9. The number of carbonyl (C=O) groups is 1. The lowest BCUT2D eigenvalue weighted by Gasteiger charge is -2.43. The Bertz CT molecular complexity index is 1430. The van der Waals surface area contributed by atoms with Gasteiger partial charge < -0.3 is 19.3 Å². The molecule has 1 amide bonds. The Labute approximate surface area is 228 Å². The topological polar surface area (TPSA) is 83.7 Å². The summed E-state index contributed by atoms with van der Waals surface area (Å²) in [6.07, 6.45) is -4.09. The number of anilines is 1. The molecule has 0 radical (unpaired) electrons. The number of nitrogens with zero attached hydrogens (tertiary/aromatic N) is 5. The van der Waals surface area contributed by atoms with Crippen molar-refractivity contribution < 1.29 is 32.2 Å². The van der Waals surface area contributed by atoms with Crippen LogP contribution < -0.4 is 4.90 Å². The first-order valence-electron chi connectivity index (χ1n) is 13.1. The van der Waals surface area contributed by atoms with Gasteiger partial charge in [0, 0.05) is 44.5 Å². The lowest BCUT2D eigenvalue weighted by atomic mass is 9.74. The van der Waals surface area contributed by atoms with E-state index in [2.05, 4.69) is 10.2 Å². The van der Waals surface area contributed by atoms with Gasteiger partial charge >= 0.3 is 6.18 Å². The van der Waals surface area contributed by atoms with Crippen molar-refractivity contribution >= 4 is 11.6 Å². The molecule has 0 unspecified atom stereocenters. The Morgan fingerprint density at radius 2 is 1.98 bits per heavy atom. The molecule has 3 aromatic rings. The molecule has 1 atom stereocenters. The number of benzene rings is 2. The van der Waals surface area contributed by atoms with Crippen LogP contribution in [0.5, 0.6) is 0 Å². The average molecular weight is 560 g/mol. The number of likely N-dealkylation sites (tertiary alicyclic amines) is 1. The molecular weight excluding hydrogens is 530 g/mol. The van der Waals surface area contributed by atoms with E-state index in [-0.39, 0.29) is 43.3 Å². The predicted octanol–water partition coefficient (Wildman–Crippen LogP) is 3.79. The summed E-state index contributed by atoms with van der Waals surface area (Å²) in [5.74, 6) is -0.0521. The SMILES string of the molecule is Cn1cnnc1[C@H](F)C1(c2cccc(N3Cc4c(cc(CN5CC(CCO)C5)cc4C(F)(F)F)C3=O)c2)COC1. The van der Waals surface area contributed by atoms with Crippen molar-refractivity contribution in [1.29, 1.82) is 0 Å². The number of aryl methyl sites for hydroxylation is 1. The van der Waals surface area contributed by atoms with Gasteiger partial charge in [-0.25, -0.2) is 4.39 Å². The van der Waals surface area contributed by atoms with Crippen LogP contribution in [0.4, 0.5) is 23.2 Å². The van der Waals surface area contributed by atoms with E-state index < -0.39 is 29.2 Å². The summed E-state index contributed by atoms with van der Waals surface area (Å²) < 4.78 is 65.2. The zero-order valence-electron chi connectivity index (χ0n) is 21.9. The van der Waals surface area contributed by atoms with Crippen molar-refractivity contribution in [3.05, 3.63) is 76.4 Å². The van der Waals surface area contributed by atoms with Crippen LogP contribution in [-0.4, -0.2) is 63.6 Å². The molecule has 0 bridgehead atoms. The Hall–Kier alpha value is -3.35. The van der Waals surface area contributed by atoms with E-state index >= 15 is 4.39 Å². The summed E-state index contributed by atoms with van der Waals surface area (Å²) >= 11 is 0. The smallest absolute Gasteiger partial charge is 0.396 e. The van der Waals surface area contributed by atoms with Crippen LogP contribution in [0.3, 0.4) is 0 Å². The molecule has 12 heteroatoms. The number of ether oxygens (including phenoxy) is 1. The lowest BCUT2D eigenvalue weighted by molar-refractivity contribution is -0.138. The highest BCUT2D eigenvalue weighted by molar-refractivity contribution is 6.10. The van der Waals surface area contributed by atoms with E-state index in [1.807, 2.05) is 4.90 Å². The second kappa shape index (κ2) is 9.93. The van der Waals surface area contributed by atoms with Crippen LogP contribution in [-0.2, 0) is 36.5 Å². The fraction of sp³-hybridized carbons (Fsp3) is 0.464. The van der Waals surface area contributed by atoms with Crippen LogP contribution >= 0.6 is 0 Å². The number of amides is 1. The maximum Gasteiger partial charge on any atom is 0.416 e. The van der Waals surface area contributed by atoms with Crippen LogP contribution in [0.25, 0.3) is 0 Å². The van der Waals surface area contributed by atoms with Gasteiger partial charge in [0.1, 0.15) is 6.33 Å². The van der Waals surface area contributed by atoms with E-state index in [9.17, 15) is 18.0 Å². The molecule has 212 valence electrons. The third-order valence-electron chi connectivity index (χ3n) is 8.29.